The summed E-state index contributed by atoms with van der Waals surface area (Å²) in [5, 5.41) is 6.47. The predicted molar refractivity (Wildman–Crippen MR) is 123 cm³/mol. The van der Waals surface area contributed by atoms with Crippen molar-refractivity contribution in [1.82, 2.24) is 10.6 Å². The summed E-state index contributed by atoms with van der Waals surface area (Å²) >= 11 is 12.0. The number of amides is 3. The molecule has 12 nitrogen and oxygen atoms in total. The fourth-order valence-corrected chi connectivity index (χ4v) is 4.00. The summed E-state index contributed by atoms with van der Waals surface area (Å²) in [6.07, 6.45) is -2.04. The van der Waals surface area contributed by atoms with Crippen LogP contribution in [0.25, 0.3) is 0 Å². The number of carbonyl (C=O) groups is 3. The zero-order valence-corrected chi connectivity index (χ0v) is 20.2. The molecule has 0 spiro atoms. The molecule has 0 aromatic heterocycles. The Morgan fingerprint density at radius 1 is 0.941 bits per heavy atom. The molecular weight excluding hydrogens is 515 g/mol. The minimum absolute atomic E-state index is 0.0838. The van der Waals surface area contributed by atoms with Crippen molar-refractivity contribution in [3.8, 4) is 5.75 Å². The number of alkyl carbamates (subject to hydrolysis) is 2. The molecule has 0 radical (unpaired) electrons. The normalized spacial score (nSPS) is 10.5. The van der Waals surface area contributed by atoms with Crippen LogP contribution in [-0.4, -0.2) is 46.7 Å². The third-order valence-electron chi connectivity index (χ3n) is 3.71. The van der Waals surface area contributed by atoms with Gasteiger partial charge >= 0.3 is 22.3 Å². The van der Waals surface area contributed by atoms with Crippen molar-refractivity contribution in [2.75, 3.05) is 19.5 Å². The van der Waals surface area contributed by atoms with Crippen LogP contribution in [0.5, 0.6) is 5.75 Å². The molecule has 0 aliphatic heterocycles. The summed E-state index contributed by atoms with van der Waals surface area (Å²) in [6.45, 7) is 1.22. The van der Waals surface area contributed by atoms with Gasteiger partial charge in [0.05, 0.1) is 30.0 Å². The molecule has 0 saturated carbocycles. The Kier molecular flexibility index (Phi) is 9.06. The van der Waals surface area contributed by atoms with Gasteiger partial charge in [0, 0.05) is 12.6 Å². The molecule has 15 heteroatoms. The number of ether oxygens (including phenoxy) is 2. The number of methoxy groups -OCH3 is 2. The molecule has 182 valence electrons. The topological polar surface area (TPSA) is 161 Å². The van der Waals surface area contributed by atoms with Crippen LogP contribution in [0.15, 0.2) is 46.3 Å². The number of hydrogen-bond acceptors (Lipinski definition) is 9. The van der Waals surface area contributed by atoms with Crippen LogP contribution in [0.1, 0.15) is 6.92 Å². The molecule has 0 heterocycles. The first-order chi connectivity index (χ1) is 16.0. The van der Waals surface area contributed by atoms with E-state index in [1.54, 1.807) is 0 Å². The second-order valence-corrected chi connectivity index (χ2v) is 8.47. The first kappa shape index (κ1) is 26.7. The van der Waals surface area contributed by atoms with Gasteiger partial charge in [-0.2, -0.15) is 8.42 Å². The number of rotatable bonds is 5. The minimum atomic E-state index is -4.68. The van der Waals surface area contributed by atoms with Crippen LogP contribution < -0.4 is 20.1 Å². The summed E-state index contributed by atoms with van der Waals surface area (Å²) in [4.78, 5) is 38.1. The number of nitrogens with zero attached hydrogens (tertiary/aromatic N) is 1. The second kappa shape index (κ2) is 11.5. The first-order valence-corrected chi connectivity index (χ1v) is 11.2. The second-order valence-electron chi connectivity index (χ2n) is 6.15. The molecule has 34 heavy (non-hydrogen) atoms. The van der Waals surface area contributed by atoms with E-state index in [1.807, 2.05) is 0 Å². The molecule has 0 saturated heterocycles. The highest BCUT2D eigenvalue weighted by molar-refractivity contribution is 7.87. The van der Waals surface area contributed by atoms with Crippen LogP contribution in [0.4, 0.5) is 21.0 Å². The number of nitrogens with one attached hydrogen (secondary N) is 3. The number of benzene rings is 2. The summed E-state index contributed by atoms with van der Waals surface area (Å²) in [7, 11) is -2.56. The largest absolute Gasteiger partial charge is 0.453 e. The van der Waals surface area contributed by atoms with Gasteiger partial charge in [0.25, 0.3) is 0 Å². The maximum absolute atomic E-state index is 13.2. The van der Waals surface area contributed by atoms with Crippen molar-refractivity contribution in [3.63, 3.8) is 0 Å². The highest BCUT2D eigenvalue weighted by Gasteiger charge is 2.25. The molecule has 0 unspecified atom stereocenters. The van der Waals surface area contributed by atoms with Gasteiger partial charge in [-0.3, -0.25) is 15.4 Å². The lowest BCUT2D eigenvalue weighted by molar-refractivity contribution is -0.114. The smallest absolute Gasteiger partial charge is 0.413 e. The van der Waals surface area contributed by atoms with Gasteiger partial charge in [-0.15, -0.1) is 0 Å². The van der Waals surface area contributed by atoms with Crippen LogP contribution >= 0.6 is 23.2 Å². The summed E-state index contributed by atoms with van der Waals surface area (Å²) in [5.41, 5.74) is -0.220. The molecule has 0 bridgehead atoms. The van der Waals surface area contributed by atoms with Crippen molar-refractivity contribution >= 4 is 68.7 Å². The number of aliphatic imine (C=N–C) groups is 1. The Hall–Kier alpha value is -3.55. The van der Waals surface area contributed by atoms with E-state index >= 15 is 0 Å². The minimum Gasteiger partial charge on any atom is -0.453 e. The third-order valence-corrected chi connectivity index (χ3v) is 5.55. The quantitative estimate of drug-likeness (QED) is 0.299. The molecule has 3 N–H and O–H groups in total. The Balaban J connectivity index is 2.65. The molecule has 2 aromatic carbocycles. The van der Waals surface area contributed by atoms with E-state index < -0.39 is 39.1 Å². The summed E-state index contributed by atoms with van der Waals surface area (Å²) < 4.78 is 40.4. The standard InChI is InChI=1S/C19H18Cl2N4O8S/c1-10(26)22-11-7-8-14(23-17(24-18(27)31-2)25-19(28)32-3)15(9-11)34(29,30)33-16-12(20)5-4-6-13(16)21/h4-9H,1-3H3,(H,22,26)(H2,23,24,25,27,28). The fraction of sp³-hybridized carbons (Fsp3) is 0.158. The number of anilines is 1. The maximum Gasteiger partial charge on any atom is 0.413 e. The zero-order valence-electron chi connectivity index (χ0n) is 17.8. The van der Waals surface area contributed by atoms with E-state index in [4.69, 9.17) is 27.4 Å². The van der Waals surface area contributed by atoms with Crippen LogP contribution in [0.2, 0.25) is 10.0 Å². The lowest BCUT2D eigenvalue weighted by Crippen LogP contribution is -2.43. The predicted octanol–water partition coefficient (Wildman–Crippen LogP) is 3.42. The van der Waals surface area contributed by atoms with E-state index in [1.165, 1.54) is 37.3 Å². The third kappa shape index (κ3) is 7.23. The maximum atomic E-state index is 13.2. The van der Waals surface area contributed by atoms with E-state index in [2.05, 4.69) is 30.4 Å². The number of guanidine groups is 1. The Morgan fingerprint density at radius 2 is 1.50 bits per heavy atom. The average Bonchev–Trinajstić information content (AvgIpc) is 2.76. The van der Waals surface area contributed by atoms with Crippen LogP contribution in [0, 0.1) is 0 Å². The van der Waals surface area contributed by atoms with Crippen molar-refractivity contribution in [2.45, 2.75) is 11.8 Å². The van der Waals surface area contributed by atoms with Gasteiger partial charge in [-0.25, -0.2) is 14.6 Å². The highest BCUT2D eigenvalue weighted by Crippen LogP contribution is 2.37. The van der Waals surface area contributed by atoms with Crippen LogP contribution in [-0.2, 0) is 24.4 Å². The highest BCUT2D eigenvalue weighted by atomic mass is 35.5. The lowest BCUT2D eigenvalue weighted by Gasteiger charge is -2.14. The average molecular weight is 533 g/mol. The van der Waals surface area contributed by atoms with Crippen molar-refractivity contribution in [3.05, 3.63) is 46.4 Å². The van der Waals surface area contributed by atoms with Crippen molar-refractivity contribution < 1.29 is 36.5 Å². The molecule has 0 aliphatic carbocycles. The number of para-hydroxylation sites is 1. The first-order valence-electron chi connectivity index (χ1n) is 9.05. The summed E-state index contributed by atoms with van der Waals surface area (Å²) in [6, 6.07) is 7.78. The number of hydrogen-bond donors (Lipinski definition) is 3. The molecule has 0 atom stereocenters. The lowest BCUT2D eigenvalue weighted by atomic mass is 10.3. The van der Waals surface area contributed by atoms with Gasteiger partial charge < -0.3 is 19.0 Å². The number of halogens is 2. The van der Waals surface area contributed by atoms with Gasteiger partial charge in [-0.1, -0.05) is 29.3 Å². The zero-order chi connectivity index (χ0) is 25.5. The van der Waals surface area contributed by atoms with Crippen molar-refractivity contribution in [1.29, 1.82) is 0 Å². The Bertz CT molecular complexity index is 1210. The van der Waals surface area contributed by atoms with E-state index in [0.29, 0.717) is 0 Å². The Labute approximate surface area is 204 Å². The van der Waals surface area contributed by atoms with E-state index in [0.717, 1.165) is 20.3 Å². The van der Waals surface area contributed by atoms with Crippen molar-refractivity contribution in [2.24, 2.45) is 4.99 Å². The van der Waals surface area contributed by atoms with Gasteiger partial charge in [0.1, 0.15) is 4.90 Å². The fourth-order valence-electron chi connectivity index (χ4n) is 2.31. The van der Waals surface area contributed by atoms with Gasteiger partial charge in [-0.05, 0) is 30.3 Å². The molecular formula is C19H18Cl2N4O8S. The molecule has 3 amide bonds. The molecule has 0 fully saturated rings. The summed E-state index contributed by atoms with van der Waals surface area (Å²) in [5.74, 6) is -1.35. The molecule has 0 aliphatic rings. The van der Waals surface area contributed by atoms with E-state index in [-0.39, 0.29) is 27.2 Å². The van der Waals surface area contributed by atoms with E-state index in [9.17, 15) is 22.8 Å². The number of carbonyl (C=O) groups excluding carboxylic acids is 3. The Morgan fingerprint density at radius 3 is 2.00 bits per heavy atom. The van der Waals surface area contributed by atoms with Gasteiger partial charge in [0.15, 0.2) is 5.75 Å². The van der Waals surface area contributed by atoms with Gasteiger partial charge in [0.2, 0.25) is 11.9 Å². The monoisotopic (exact) mass is 532 g/mol. The van der Waals surface area contributed by atoms with Crippen LogP contribution in [0.3, 0.4) is 0 Å². The molecule has 2 aromatic rings. The SMILES string of the molecule is COC(=O)NC(=Nc1ccc(NC(C)=O)cc1S(=O)(=O)Oc1c(Cl)cccc1Cl)NC(=O)OC. The molecule has 2 rings (SSSR count).